The van der Waals surface area contributed by atoms with E-state index in [9.17, 15) is 0 Å². The summed E-state index contributed by atoms with van der Waals surface area (Å²) in [7, 11) is 0. The van der Waals surface area contributed by atoms with Crippen LogP contribution in [0.15, 0.2) is 42.5 Å². The summed E-state index contributed by atoms with van der Waals surface area (Å²) in [5, 5.41) is 3.83. The van der Waals surface area contributed by atoms with E-state index in [4.69, 9.17) is 0 Å². The van der Waals surface area contributed by atoms with Crippen LogP contribution >= 0.6 is 0 Å². The summed E-state index contributed by atoms with van der Waals surface area (Å²) in [6, 6.07) is 16.6. The maximum Gasteiger partial charge on any atom is 0.0419 e. The van der Waals surface area contributed by atoms with Crippen LogP contribution in [0.1, 0.15) is 172 Å². The average Bonchev–Trinajstić information content (AvgIpc) is 2.97. The lowest BCUT2D eigenvalue weighted by Crippen LogP contribution is -1.99. The zero-order valence-electron chi connectivity index (χ0n) is 27.0. The third kappa shape index (κ3) is 16.5. The maximum absolute atomic E-state index is 3.83. The SMILES string of the molecule is CCCCCCCCCc1ccc(Nc2cc(CCCCCCCCC)ccc2CCCCCCCCC)cc1. The van der Waals surface area contributed by atoms with Gasteiger partial charge in [0, 0.05) is 11.4 Å². The van der Waals surface area contributed by atoms with Gasteiger partial charge in [0.15, 0.2) is 0 Å². The predicted octanol–water partition coefficient (Wildman–Crippen LogP) is 13.3. The number of benzene rings is 2. The predicted molar refractivity (Wildman–Crippen MR) is 181 cm³/mol. The molecule has 0 atom stereocenters. The van der Waals surface area contributed by atoms with Crippen LogP contribution in [0, 0.1) is 0 Å². The van der Waals surface area contributed by atoms with Gasteiger partial charge in [-0.25, -0.2) is 0 Å². The highest BCUT2D eigenvalue weighted by Crippen LogP contribution is 2.26. The summed E-state index contributed by atoms with van der Waals surface area (Å²) in [6.07, 6.45) is 32.5. The Morgan fingerprint density at radius 1 is 0.400 bits per heavy atom. The van der Waals surface area contributed by atoms with Gasteiger partial charge in [-0.2, -0.15) is 0 Å². The topological polar surface area (TPSA) is 12.0 Å². The van der Waals surface area contributed by atoms with Crippen LogP contribution in [0.3, 0.4) is 0 Å². The van der Waals surface area contributed by atoms with E-state index < -0.39 is 0 Å². The second-order valence-corrected chi connectivity index (χ2v) is 12.4. The molecule has 0 aliphatic heterocycles. The van der Waals surface area contributed by atoms with Crippen LogP contribution in [-0.4, -0.2) is 0 Å². The average molecular weight is 548 g/mol. The fourth-order valence-electron chi connectivity index (χ4n) is 5.87. The minimum atomic E-state index is 1.18. The van der Waals surface area contributed by atoms with Crippen molar-refractivity contribution in [1.29, 1.82) is 0 Å². The summed E-state index contributed by atoms with van der Waals surface area (Å²) in [5.41, 5.74) is 7.04. The first-order chi connectivity index (χ1) is 19.8. The van der Waals surface area contributed by atoms with Crippen LogP contribution in [-0.2, 0) is 19.3 Å². The molecule has 0 aliphatic carbocycles. The molecule has 0 aromatic heterocycles. The highest BCUT2D eigenvalue weighted by molar-refractivity contribution is 5.64. The molecule has 0 saturated carbocycles. The van der Waals surface area contributed by atoms with E-state index in [1.807, 2.05) is 0 Å². The Bertz CT molecular complexity index is 836. The van der Waals surface area contributed by atoms with Crippen molar-refractivity contribution in [2.24, 2.45) is 0 Å². The summed E-state index contributed by atoms with van der Waals surface area (Å²) in [6.45, 7) is 6.90. The Balaban J connectivity index is 1.88. The van der Waals surface area contributed by atoms with Crippen LogP contribution in [0.2, 0.25) is 0 Å². The molecule has 2 rings (SSSR count). The monoisotopic (exact) mass is 548 g/mol. The van der Waals surface area contributed by atoms with Crippen LogP contribution in [0.5, 0.6) is 0 Å². The highest BCUT2D eigenvalue weighted by atomic mass is 14.9. The highest BCUT2D eigenvalue weighted by Gasteiger charge is 2.07. The quantitative estimate of drug-likeness (QED) is 0.115. The molecule has 0 unspecified atom stereocenters. The van der Waals surface area contributed by atoms with Gasteiger partial charge in [-0.1, -0.05) is 161 Å². The van der Waals surface area contributed by atoms with E-state index in [2.05, 4.69) is 68.6 Å². The molecule has 1 nitrogen and oxygen atoms in total. The van der Waals surface area contributed by atoms with E-state index in [0.29, 0.717) is 0 Å². The fourth-order valence-corrected chi connectivity index (χ4v) is 5.87. The molecule has 2 aromatic rings. The van der Waals surface area contributed by atoms with Gasteiger partial charge in [0.2, 0.25) is 0 Å². The van der Waals surface area contributed by atoms with Crippen molar-refractivity contribution in [3.8, 4) is 0 Å². The number of rotatable bonds is 26. The van der Waals surface area contributed by atoms with Crippen LogP contribution in [0.4, 0.5) is 11.4 Å². The molecular formula is C39H65N. The molecule has 226 valence electrons. The Morgan fingerprint density at radius 3 is 1.30 bits per heavy atom. The molecule has 0 amide bonds. The Hall–Kier alpha value is -1.76. The summed E-state index contributed by atoms with van der Waals surface area (Å²) >= 11 is 0. The lowest BCUT2D eigenvalue weighted by atomic mass is 9.98. The Labute approximate surface area is 250 Å². The molecule has 1 N–H and O–H groups in total. The summed E-state index contributed by atoms with van der Waals surface area (Å²) in [5.74, 6) is 0. The van der Waals surface area contributed by atoms with E-state index in [0.717, 1.165) is 0 Å². The molecule has 0 spiro atoms. The maximum atomic E-state index is 3.83. The normalized spacial score (nSPS) is 11.3. The van der Waals surface area contributed by atoms with E-state index in [1.165, 1.54) is 182 Å². The van der Waals surface area contributed by atoms with Gasteiger partial charge >= 0.3 is 0 Å². The lowest BCUT2D eigenvalue weighted by molar-refractivity contribution is 0.588. The number of aryl methyl sites for hydroxylation is 3. The molecular weight excluding hydrogens is 482 g/mol. The molecule has 0 saturated heterocycles. The molecule has 0 radical (unpaired) electrons. The fraction of sp³-hybridized carbons (Fsp3) is 0.692. The molecule has 40 heavy (non-hydrogen) atoms. The van der Waals surface area contributed by atoms with Gasteiger partial charge in [-0.05, 0) is 73.4 Å². The first kappa shape index (κ1) is 34.4. The molecule has 0 bridgehead atoms. The van der Waals surface area contributed by atoms with Crippen molar-refractivity contribution in [3.63, 3.8) is 0 Å². The van der Waals surface area contributed by atoms with Crippen molar-refractivity contribution in [2.75, 3.05) is 5.32 Å². The van der Waals surface area contributed by atoms with Gasteiger partial charge in [0.05, 0.1) is 0 Å². The zero-order valence-corrected chi connectivity index (χ0v) is 27.0. The smallest absolute Gasteiger partial charge is 0.0419 e. The number of hydrogen-bond donors (Lipinski definition) is 1. The standard InChI is InChI=1S/C39H65N/c1-4-7-10-13-16-19-22-25-35-29-32-38(33-30-35)40-39-34-36(26-23-20-17-14-11-8-5-2)28-31-37(39)27-24-21-18-15-12-9-6-3/h28-34,40H,4-27H2,1-3H3. The Kier molecular flexibility index (Phi) is 20.6. The molecule has 0 aliphatic rings. The van der Waals surface area contributed by atoms with E-state index in [1.54, 1.807) is 0 Å². The zero-order chi connectivity index (χ0) is 28.5. The first-order valence-electron chi connectivity index (χ1n) is 17.7. The molecule has 0 fully saturated rings. The summed E-state index contributed by atoms with van der Waals surface area (Å²) in [4.78, 5) is 0. The van der Waals surface area contributed by atoms with Crippen LogP contribution in [0.25, 0.3) is 0 Å². The van der Waals surface area contributed by atoms with Crippen molar-refractivity contribution in [3.05, 3.63) is 59.2 Å². The summed E-state index contributed by atoms with van der Waals surface area (Å²) < 4.78 is 0. The van der Waals surface area contributed by atoms with E-state index >= 15 is 0 Å². The third-order valence-electron chi connectivity index (χ3n) is 8.59. The van der Waals surface area contributed by atoms with Crippen molar-refractivity contribution in [2.45, 2.75) is 175 Å². The number of nitrogens with one attached hydrogen (secondary N) is 1. The van der Waals surface area contributed by atoms with Gasteiger partial charge < -0.3 is 5.32 Å². The van der Waals surface area contributed by atoms with Gasteiger partial charge in [-0.3, -0.25) is 0 Å². The minimum absolute atomic E-state index is 1.18. The Morgan fingerprint density at radius 2 is 0.800 bits per heavy atom. The van der Waals surface area contributed by atoms with Crippen molar-refractivity contribution in [1.82, 2.24) is 0 Å². The van der Waals surface area contributed by atoms with Crippen LogP contribution < -0.4 is 5.32 Å². The minimum Gasteiger partial charge on any atom is -0.355 e. The first-order valence-corrected chi connectivity index (χ1v) is 17.7. The van der Waals surface area contributed by atoms with Gasteiger partial charge in [-0.15, -0.1) is 0 Å². The van der Waals surface area contributed by atoms with E-state index in [-0.39, 0.29) is 0 Å². The van der Waals surface area contributed by atoms with Gasteiger partial charge in [0.25, 0.3) is 0 Å². The largest absolute Gasteiger partial charge is 0.355 e. The second-order valence-electron chi connectivity index (χ2n) is 12.4. The van der Waals surface area contributed by atoms with Crippen molar-refractivity contribution >= 4 is 11.4 Å². The van der Waals surface area contributed by atoms with Crippen molar-refractivity contribution < 1.29 is 0 Å². The number of anilines is 2. The molecule has 1 heteroatoms. The van der Waals surface area contributed by atoms with Gasteiger partial charge in [0.1, 0.15) is 0 Å². The number of hydrogen-bond acceptors (Lipinski definition) is 1. The lowest BCUT2D eigenvalue weighted by Gasteiger charge is -2.15. The third-order valence-corrected chi connectivity index (χ3v) is 8.59. The molecule has 2 aromatic carbocycles. The number of unbranched alkanes of at least 4 members (excludes halogenated alkanes) is 18. The molecule has 0 heterocycles. The second kappa shape index (κ2) is 23.9.